The van der Waals surface area contributed by atoms with Gasteiger partial charge in [0.25, 0.3) is 0 Å². The molecule has 6 nitrogen and oxygen atoms in total. The van der Waals surface area contributed by atoms with E-state index >= 15 is 0 Å². The van der Waals surface area contributed by atoms with Crippen LogP contribution in [0.5, 0.6) is 0 Å². The van der Waals surface area contributed by atoms with E-state index in [4.69, 9.17) is 11.6 Å². The number of hydrogen-bond acceptors (Lipinski definition) is 4. The molecule has 1 saturated heterocycles. The van der Waals surface area contributed by atoms with Gasteiger partial charge in [0.1, 0.15) is 17.7 Å². The van der Waals surface area contributed by atoms with Crippen LogP contribution < -0.4 is 9.80 Å². The number of pyridine rings is 1. The molecule has 1 aromatic heterocycles. The van der Waals surface area contributed by atoms with Crippen LogP contribution in [-0.4, -0.2) is 55.4 Å². The summed E-state index contributed by atoms with van der Waals surface area (Å²) in [6, 6.07) is 4.61. The Hall–Kier alpha value is -2.88. The minimum absolute atomic E-state index is 0.0270. The third-order valence-corrected chi connectivity index (χ3v) is 5.85. The Morgan fingerprint density at radius 1 is 1.12 bits per heavy atom. The fourth-order valence-electron chi connectivity index (χ4n) is 3.87. The van der Waals surface area contributed by atoms with Crippen LogP contribution in [-0.2, 0) is 15.8 Å². The van der Waals surface area contributed by atoms with Crippen LogP contribution in [0, 0.1) is 18.7 Å². The van der Waals surface area contributed by atoms with E-state index in [2.05, 4.69) is 4.98 Å². The van der Waals surface area contributed by atoms with Crippen LogP contribution >= 0.6 is 11.6 Å². The molecular formula is C22H23ClF4N4O2. The van der Waals surface area contributed by atoms with Gasteiger partial charge in [-0.15, -0.1) is 0 Å². The summed E-state index contributed by atoms with van der Waals surface area (Å²) >= 11 is 5.83. The van der Waals surface area contributed by atoms with E-state index in [1.165, 1.54) is 40.8 Å². The molecule has 0 saturated carbocycles. The van der Waals surface area contributed by atoms with Crippen LogP contribution in [0.2, 0.25) is 5.02 Å². The highest BCUT2D eigenvalue weighted by atomic mass is 35.5. The Morgan fingerprint density at radius 2 is 1.79 bits per heavy atom. The van der Waals surface area contributed by atoms with E-state index in [1.807, 2.05) is 0 Å². The van der Waals surface area contributed by atoms with Crippen molar-refractivity contribution >= 4 is 34.9 Å². The lowest BCUT2D eigenvalue weighted by Crippen LogP contribution is -2.44. The highest BCUT2D eigenvalue weighted by molar-refractivity contribution is 6.31. The molecule has 1 aliphatic rings. The zero-order valence-electron chi connectivity index (χ0n) is 18.5. The van der Waals surface area contributed by atoms with Gasteiger partial charge in [-0.05, 0) is 43.7 Å². The Morgan fingerprint density at radius 3 is 2.36 bits per heavy atom. The van der Waals surface area contributed by atoms with E-state index in [1.54, 1.807) is 14.1 Å². The molecule has 1 fully saturated rings. The topological polar surface area (TPSA) is 56.8 Å². The minimum Gasteiger partial charge on any atom is -0.349 e. The average Bonchev–Trinajstić information content (AvgIpc) is 3.18. The summed E-state index contributed by atoms with van der Waals surface area (Å²) in [4.78, 5) is 34.3. The van der Waals surface area contributed by atoms with Crippen molar-refractivity contribution < 1.29 is 27.2 Å². The number of halogens is 5. The summed E-state index contributed by atoms with van der Waals surface area (Å²) in [7, 11) is 4.60. The lowest BCUT2D eigenvalue weighted by Gasteiger charge is -2.29. The van der Waals surface area contributed by atoms with Crippen molar-refractivity contribution in [3.05, 3.63) is 52.4 Å². The summed E-state index contributed by atoms with van der Waals surface area (Å²) < 4.78 is 53.7. The van der Waals surface area contributed by atoms with Crippen molar-refractivity contribution in [1.29, 1.82) is 0 Å². The monoisotopic (exact) mass is 486 g/mol. The highest BCUT2D eigenvalue weighted by Gasteiger charge is 2.43. The number of nitrogens with zero attached hydrogens (tertiary/aromatic N) is 4. The van der Waals surface area contributed by atoms with Gasteiger partial charge in [-0.1, -0.05) is 11.6 Å². The molecule has 0 aliphatic carbocycles. The van der Waals surface area contributed by atoms with E-state index < -0.39 is 35.4 Å². The Kier molecular flexibility index (Phi) is 6.88. The Labute approximate surface area is 193 Å². The molecule has 0 N–H and O–H groups in total. The van der Waals surface area contributed by atoms with Crippen molar-refractivity contribution in [2.75, 3.05) is 37.5 Å². The largest absolute Gasteiger partial charge is 0.416 e. The lowest BCUT2D eigenvalue weighted by atomic mass is 10.0. The maximum Gasteiger partial charge on any atom is 0.416 e. The predicted molar refractivity (Wildman–Crippen MR) is 117 cm³/mol. The van der Waals surface area contributed by atoms with Gasteiger partial charge in [-0.2, -0.15) is 13.2 Å². The smallest absolute Gasteiger partial charge is 0.349 e. The van der Waals surface area contributed by atoms with Gasteiger partial charge in [0.2, 0.25) is 11.8 Å². The molecule has 3 rings (SSSR count). The molecule has 2 aromatic rings. The number of hydrogen-bond donors (Lipinski definition) is 0. The number of amides is 2. The van der Waals surface area contributed by atoms with E-state index in [0.29, 0.717) is 5.69 Å². The predicted octanol–water partition coefficient (Wildman–Crippen LogP) is 4.15. The number of rotatable bonds is 4. The molecule has 2 amide bonds. The maximum atomic E-state index is 13.5. The summed E-state index contributed by atoms with van der Waals surface area (Å²) in [6.07, 6.45) is -4.51. The molecule has 0 spiro atoms. The second-order valence-electron chi connectivity index (χ2n) is 8.18. The number of likely N-dealkylation sites (N-methyl/N-ethyl adjacent to an activating group) is 1. The van der Waals surface area contributed by atoms with Crippen molar-refractivity contribution in [1.82, 2.24) is 9.88 Å². The first kappa shape index (κ1) is 24.8. The Balaban J connectivity index is 2.01. The molecule has 2 heterocycles. The van der Waals surface area contributed by atoms with Crippen molar-refractivity contribution in [3.63, 3.8) is 0 Å². The van der Waals surface area contributed by atoms with Crippen LogP contribution in [0.4, 0.5) is 29.1 Å². The first-order chi connectivity index (χ1) is 15.3. The number of aromatic nitrogens is 1. The number of anilines is 2. The molecule has 2 atom stereocenters. The number of carbonyl (C=O) groups is 2. The standard InChI is InChI=1S/C22H23ClF4N4O2/c1-12-7-14(22(25,26)27)9-19(28-12)31-11-13(20(32)29(2)3)8-18(31)21(33)30(4)15-5-6-17(24)16(23)10-15/h5-7,9-10,13,18H,8,11H2,1-4H3/t13-,18-/m0/s1. The van der Waals surface area contributed by atoms with E-state index in [0.717, 1.165) is 18.2 Å². The van der Waals surface area contributed by atoms with Crippen LogP contribution in [0.1, 0.15) is 17.7 Å². The zero-order chi connectivity index (χ0) is 24.7. The third kappa shape index (κ3) is 5.21. The molecule has 1 aromatic carbocycles. The quantitative estimate of drug-likeness (QED) is 0.609. The van der Waals surface area contributed by atoms with Crippen LogP contribution in [0.3, 0.4) is 0 Å². The second kappa shape index (κ2) is 9.17. The first-order valence-electron chi connectivity index (χ1n) is 10.1. The van der Waals surface area contributed by atoms with Gasteiger partial charge < -0.3 is 14.7 Å². The third-order valence-electron chi connectivity index (χ3n) is 5.56. The van der Waals surface area contributed by atoms with Gasteiger partial charge in [0.05, 0.1) is 16.5 Å². The number of carbonyl (C=O) groups excluding carboxylic acids is 2. The molecular weight excluding hydrogens is 464 g/mol. The molecule has 0 bridgehead atoms. The molecule has 178 valence electrons. The molecule has 11 heteroatoms. The van der Waals surface area contributed by atoms with Gasteiger partial charge in [0.15, 0.2) is 0 Å². The van der Waals surface area contributed by atoms with Crippen LogP contribution in [0.25, 0.3) is 0 Å². The highest BCUT2D eigenvalue weighted by Crippen LogP contribution is 2.36. The fraction of sp³-hybridized carbons (Fsp3) is 0.409. The molecule has 1 aliphatic heterocycles. The summed E-state index contributed by atoms with van der Waals surface area (Å²) in [5.74, 6) is -2.03. The SMILES string of the molecule is Cc1cc(C(F)(F)F)cc(N2C[C@@H](C(=O)N(C)C)C[C@H]2C(=O)N(C)c2ccc(F)c(Cl)c2)n1. The van der Waals surface area contributed by atoms with Crippen molar-refractivity contribution in [2.24, 2.45) is 5.92 Å². The minimum atomic E-state index is -4.60. The first-order valence-corrected chi connectivity index (χ1v) is 10.4. The average molecular weight is 487 g/mol. The van der Waals surface area contributed by atoms with Crippen LogP contribution in [0.15, 0.2) is 30.3 Å². The number of benzene rings is 1. The summed E-state index contributed by atoms with van der Waals surface area (Å²) in [5, 5.41) is -0.175. The van der Waals surface area contributed by atoms with Crippen molar-refractivity contribution in [2.45, 2.75) is 25.6 Å². The second-order valence-corrected chi connectivity index (χ2v) is 8.59. The van der Waals surface area contributed by atoms with Gasteiger partial charge >= 0.3 is 6.18 Å². The molecule has 0 unspecified atom stereocenters. The lowest BCUT2D eigenvalue weighted by molar-refractivity contribution is -0.137. The van der Waals surface area contributed by atoms with Gasteiger partial charge in [-0.25, -0.2) is 9.37 Å². The van der Waals surface area contributed by atoms with Gasteiger partial charge in [-0.3, -0.25) is 9.59 Å². The van der Waals surface area contributed by atoms with E-state index in [-0.39, 0.29) is 35.4 Å². The Bertz CT molecular complexity index is 1080. The summed E-state index contributed by atoms with van der Waals surface area (Å²) in [6.45, 7) is 1.46. The van der Waals surface area contributed by atoms with Crippen molar-refractivity contribution in [3.8, 4) is 0 Å². The zero-order valence-corrected chi connectivity index (χ0v) is 19.2. The number of alkyl halides is 3. The molecule has 0 radical (unpaired) electrons. The summed E-state index contributed by atoms with van der Waals surface area (Å²) in [5.41, 5.74) is -0.453. The van der Waals surface area contributed by atoms with E-state index in [9.17, 15) is 27.2 Å². The van der Waals surface area contributed by atoms with Gasteiger partial charge in [0, 0.05) is 39.1 Å². The normalized spacial score (nSPS) is 18.4. The number of aryl methyl sites for hydroxylation is 1. The molecule has 33 heavy (non-hydrogen) atoms. The fourth-order valence-corrected chi connectivity index (χ4v) is 4.05. The maximum absolute atomic E-state index is 13.5.